The van der Waals surface area contributed by atoms with Crippen molar-refractivity contribution in [3.05, 3.63) is 29.3 Å². The Kier molecular flexibility index (Phi) is 5.24. The molecule has 0 amide bonds. The molecular formula is C10H13BrClNO2S. The second kappa shape index (κ2) is 6.00. The van der Waals surface area contributed by atoms with E-state index >= 15 is 0 Å². The summed E-state index contributed by atoms with van der Waals surface area (Å²) in [7, 11) is -3.41. The minimum absolute atomic E-state index is 0.235. The molecule has 1 aromatic carbocycles. The Morgan fingerprint density at radius 2 is 1.94 bits per heavy atom. The minimum Gasteiger partial charge on any atom is -0.211 e. The zero-order chi connectivity index (χ0) is 12.2. The lowest BCUT2D eigenvalue weighted by Gasteiger charge is -2.10. The average molecular weight is 327 g/mol. The standard InChI is InChI=1S/C10H13BrClNO2S/c1-8(6-11)7-13-16(14,15)10-4-2-9(12)3-5-10/h2-5,8,13H,6-7H2,1H3. The van der Waals surface area contributed by atoms with Gasteiger partial charge in [-0.05, 0) is 30.2 Å². The van der Waals surface area contributed by atoms with Crippen LogP contribution < -0.4 is 4.72 Å². The predicted octanol–water partition coefficient (Wildman–Crippen LogP) is 2.65. The molecule has 0 aliphatic carbocycles. The second-order valence-electron chi connectivity index (χ2n) is 3.57. The number of halogens is 2. The summed E-state index contributed by atoms with van der Waals surface area (Å²) in [5.41, 5.74) is 0. The van der Waals surface area contributed by atoms with Gasteiger partial charge in [0.15, 0.2) is 0 Å². The zero-order valence-electron chi connectivity index (χ0n) is 8.78. The normalized spacial score (nSPS) is 13.7. The van der Waals surface area contributed by atoms with Crippen LogP contribution in [0.2, 0.25) is 5.02 Å². The number of hydrogen-bond acceptors (Lipinski definition) is 2. The monoisotopic (exact) mass is 325 g/mol. The van der Waals surface area contributed by atoms with Crippen LogP contribution in [0.3, 0.4) is 0 Å². The lowest BCUT2D eigenvalue weighted by molar-refractivity contribution is 0.563. The van der Waals surface area contributed by atoms with Gasteiger partial charge in [0.2, 0.25) is 10.0 Å². The third-order valence-corrected chi connectivity index (χ3v) is 4.81. The highest BCUT2D eigenvalue weighted by Gasteiger charge is 2.14. The van der Waals surface area contributed by atoms with Crippen molar-refractivity contribution in [3.8, 4) is 0 Å². The molecule has 1 unspecified atom stereocenters. The molecule has 1 N–H and O–H groups in total. The van der Waals surface area contributed by atoms with Crippen LogP contribution >= 0.6 is 27.5 Å². The number of alkyl halides is 1. The number of sulfonamides is 1. The molecule has 0 saturated carbocycles. The summed E-state index contributed by atoms with van der Waals surface area (Å²) in [6.07, 6.45) is 0. The van der Waals surface area contributed by atoms with Crippen molar-refractivity contribution in [2.75, 3.05) is 11.9 Å². The van der Waals surface area contributed by atoms with Crippen LogP contribution in [-0.4, -0.2) is 20.3 Å². The van der Waals surface area contributed by atoms with Gasteiger partial charge in [0.1, 0.15) is 0 Å². The highest BCUT2D eigenvalue weighted by Crippen LogP contribution is 2.14. The number of benzene rings is 1. The van der Waals surface area contributed by atoms with Gasteiger partial charge >= 0.3 is 0 Å². The van der Waals surface area contributed by atoms with E-state index in [0.29, 0.717) is 11.6 Å². The molecule has 90 valence electrons. The Bertz CT molecular complexity index is 433. The number of hydrogen-bond donors (Lipinski definition) is 1. The van der Waals surface area contributed by atoms with Crippen LogP contribution in [0.25, 0.3) is 0 Å². The smallest absolute Gasteiger partial charge is 0.211 e. The van der Waals surface area contributed by atoms with Crippen molar-refractivity contribution >= 4 is 37.6 Å². The summed E-state index contributed by atoms with van der Waals surface area (Å²) in [4.78, 5) is 0.235. The maximum Gasteiger partial charge on any atom is 0.240 e. The quantitative estimate of drug-likeness (QED) is 0.846. The molecule has 6 heteroatoms. The molecule has 1 rings (SSSR count). The summed E-state index contributed by atoms with van der Waals surface area (Å²) >= 11 is 8.99. The average Bonchev–Trinajstić information content (AvgIpc) is 2.26. The largest absolute Gasteiger partial charge is 0.240 e. The lowest BCUT2D eigenvalue weighted by Crippen LogP contribution is -2.28. The van der Waals surface area contributed by atoms with Crippen molar-refractivity contribution < 1.29 is 8.42 Å². The molecule has 0 saturated heterocycles. The highest BCUT2D eigenvalue weighted by atomic mass is 79.9. The van der Waals surface area contributed by atoms with Crippen LogP contribution in [0.4, 0.5) is 0 Å². The van der Waals surface area contributed by atoms with E-state index in [9.17, 15) is 8.42 Å². The number of nitrogens with one attached hydrogen (secondary N) is 1. The summed E-state index contributed by atoms with van der Waals surface area (Å²) in [6.45, 7) is 2.37. The first-order chi connectivity index (χ1) is 7.45. The van der Waals surface area contributed by atoms with Gasteiger partial charge in [0.05, 0.1) is 4.90 Å². The Labute approximate surface area is 109 Å². The van der Waals surface area contributed by atoms with Gasteiger partial charge in [0, 0.05) is 16.9 Å². The van der Waals surface area contributed by atoms with Gasteiger partial charge in [0.25, 0.3) is 0 Å². The third-order valence-electron chi connectivity index (χ3n) is 2.01. The van der Waals surface area contributed by atoms with Crippen LogP contribution in [0, 0.1) is 5.92 Å². The summed E-state index contributed by atoms with van der Waals surface area (Å²) in [5.74, 6) is 0.252. The van der Waals surface area contributed by atoms with Crippen molar-refractivity contribution in [1.82, 2.24) is 4.72 Å². The molecule has 3 nitrogen and oxygen atoms in total. The second-order valence-corrected chi connectivity index (χ2v) is 6.42. The molecule has 1 atom stereocenters. The molecule has 0 aromatic heterocycles. The zero-order valence-corrected chi connectivity index (χ0v) is 11.9. The van der Waals surface area contributed by atoms with Gasteiger partial charge < -0.3 is 0 Å². The Morgan fingerprint density at radius 3 is 2.44 bits per heavy atom. The van der Waals surface area contributed by atoms with Crippen LogP contribution in [-0.2, 0) is 10.0 Å². The molecule has 1 aromatic rings. The van der Waals surface area contributed by atoms with E-state index in [2.05, 4.69) is 20.7 Å². The molecule has 0 heterocycles. The fourth-order valence-corrected chi connectivity index (χ4v) is 2.52. The first-order valence-electron chi connectivity index (χ1n) is 4.77. The number of rotatable bonds is 5. The maximum atomic E-state index is 11.8. The Balaban J connectivity index is 2.74. The van der Waals surface area contributed by atoms with Crippen LogP contribution in [0.15, 0.2) is 29.2 Å². The van der Waals surface area contributed by atoms with E-state index in [4.69, 9.17) is 11.6 Å². The van der Waals surface area contributed by atoms with E-state index in [1.165, 1.54) is 12.1 Å². The SMILES string of the molecule is CC(CBr)CNS(=O)(=O)c1ccc(Cl)cc1. The minimum atomic E-state index is -3.41. The van der Waals surface area contributed by atoms with Crippen molar-refractivity contribution in [1.29, 1.82) is 0 Å². The molecule has 0 bridgehead atoms. The molecule has 0 radical (unpaired) electrons. The van der Waals surface area contributed by atoms with Gasteiger partial charge in [-0.1, -0.05) is 34.5 Å². The molecule has 0 aliphatic heterocycles. The first-order valence-corrected chi connectivity index (χ1v) is 7.75. The van der Waals surface area contributed by atoms with Gasteiger partial charge in [-0.15, -0.1) is 0 Å². The summed E-state index contributed by atoms with van der Waals surface area (Å²) in [6, 6.07) is 6.10. The van der Waals surface area contributed by atoms with Crippen LogP contribution in [0.1, 0.15) is 6.92 Å². The molecule has 0 fully saturated rings. The summed E-state index contributed by atoms with van der Waals surface area (Å²) in [5, 5.41) is 1.28. The Hall–Kier alpha value is -0.100. The van der Waals surface area contributed by atoms with Crippen molar-refractivity contribution in [3.63, 3.8) is 0 Å². The fourth-order valence-electron chi connectivity index (χ4n) is 1.00. The van der Waals surface area contributed by atoms with Crippen LogP contribution in [0.5, 0.6) is 0 Å². The van der Waals surface area contributed by atoms with E-state index in [-0.39, 0.29) is 10.8 Å². The van der Waals surface area contributed by atoms with Crippen molar-refractivity contribution in [2.24, 2.45) is 5.92 Å². The van der Waals surface area contributed by atoms with Gasteiger partial charge in [-0.3, -0.25) is 0 Å². The molecular weight excluding hydrogens is 314 g/mol. The molecule has 0 aliphatic rings. The van der Waals surface area contributed by atoms with Gasteiger partial charge in [-0.25, -0.2) is 13.1 Å². The fraction of sp³-hybridized carbons (Fsp3) is 0.400. The van der Waals surface area contributed by atoms with Gasteiger partial charge in [-0.2, -0.15) is 0 Å². The Morgan fingerprint density at radius 1 is 1.38 bits per heavy atom. The van der Waals surface area contributed by atoms with E-state index in [0.717, 1.165) is 5.33 Å². The maximum absolute atomic E-state index is 11.8. The first kappa shape index (κ1) is 14.0. The lowest BCUT2D eigenvalue weighted by atomic mass is 10.2. The van der Waals surface area contributed by atoms with E-state index < -0.39 is 10.0 Å². The summed E-state index contributed by atoms with van der Waals surface area (Å²) < 4.78 is 26.1. The third kappa shape index (κ3) is 4.05. The molecule has 0 spiro atoms. The predicted molar refractivity (Wildman–Crippen MR) is 69.6 cm³/mol. The van der Waals surface area contributed by atoms with E-state index in [1.54, 1.807) is 12.1 Å². The molecule has 16 heavy (non-hydrogen) atoms. The highest BCUT2D eigenvalue weighted by molar-refractivity contribution is 9.09. The van der Waals surface area contributed by atoms with E-state index in [1.807, 2.05) is 6.92 Å². The van der Waals surface area contributed by atoms with Crippen molar-refractivity contribution in [2.45, 2.75) is 11.8 Å². The topological polar surface area (TPSA) is 46.2 Å².